The van der Waals surface area contributed by atoms with Gasteiger partial charge < -0.3 is 14.2 Å². The summed E-state index contributed by atoms with van der Waals surface area (Å²) in [4.78, 5) is 22.5. The molecule has 0 bridgehead atoms. The van der Waals surface area contributed by atoms with Gasteiger partial charge in [-0.05, 0) is 32.0 Å². The van der Waals surface area contributed by atoms with Crippen molar-refractivity contribution in [2.75, 3.05) is 14.2 Å². The van der Waals surface area contributed by atoms with Gasteiger partial charge in [-0.3, -0.25) is 4.79 Å². The molecule has 0 aliphatic heterocycles. The number of esters is 1. The molecular weight excluding hydrogens is 236 g/mol. The van der Waals surface area contributed by atoms with Crippen LogP contribution in [0.4, 0.5) is 0 Å². The van der Waals surface area contributed by atoms with Gasteiger partial charge in [-0.15, -0.1) is 0 Å². The van der Waals surface area contributed by atoms with E-state index >= 15 is 0 Å². The molecule has 0 aliphatic rings. The second-order valence-corrected chi connectivity index (χ2v) is 3.71. The summed E-state index contributed by atoms with van der Waals surface area (Å²) in [6.07, 6.45) is -0.743. The molecule has 0 aliphatic carbocycles. The zero-order chi connectivity index (χ0) is 13.7. The number of ether oxygens (including phenoxy) is 3. The molecule has 0 aromatic heterocycles. The van der Waals surface area contributed by atoms with Crippen molar-refractivity contribution < 1.29 is 23.8 Å². The maximum Gasteiger partial charge on any atom is 0.346 e. The van der Waals surface area contributed by atoms with Crippen LogP contribution in [-0.2, 0) is 9.53 Å². The van der Waals surface area contributed by atoms with Crippen LogP contribution in [0.15, 0.2) is 18.2 Å². The standard InChI is InChI=1S/C13H16O5/c1-8(14)10-5-6-11(12(7-10)16-3)18-9(2)13(15)17-4/h5-7,9H,1-4H3. The van der Waals surface area contributed by atoms with E-state index in [1.54, 1.807) is 25.1 Å². The Hall–Kier alpha value is -2.04. The topological polar surface area (TPSA) is 61.8 Å². The molecular formula is C13H16O5. The SMILES string of the molecule is COC(=O)C(C)Oc1ccc(C(C)=O)cc1OC. The quantitative estimate of drug-likeness (QED) is 0.591. The van der Waals surface area contributed by atoms with Crippen molar-refractivity contribution in [1.29, 1.82) is 0 Å². The van der Waals surface area contributed by atoms with Crippen molar-refractivity contribution in [1.82, 2.24) is 0 Å². The minimum Gasteiger partial charge on any atom is -0.493 e. The minimum atomic E-state index is -0.743. The Balaban J connectivity index is 2.96. The van der Waals surface area contributed by atoms with E-state index in [4.69, 9.17) is 9.47 Å². The smallest absolute Gasteiger partial charge is 0.346 e. The van der Waals surface area contributed by atoms with E-state index in [2.05, 4.69) is 4.74 Å². The Morgan fingerprint density at radius 3 is 2.33 bits per heavy atom. The number of rotatable bonds is 5. The molecule has 1 rings (SSSR count). The number of carbonyl (C=O) groups excluding carboxylic acids is 2. The highest BCUT2D eigenvalue weighted by atomic mass is 16.6. The Morgan fingerprint density at radius 2 is 1.83 bits per heavy atom. The summed E-state index contributed by atoms with van der Waals surface area (Å²) in [5, 5.41) is 0. The molecule has 5 nitrogen and oxygen atoms in total. The summed E-state index contributed by atoms with van der Waals surface area (Å²) < 4.78 is 15.1. The van der Waals surface area contributed by atoms with Gasteiger partial charge in [0.05, 0.1) is 14.2 Å². The molecule has 0 radical (unpaired) electrons. The van der Waals surface area contributed by atoms with Crippen molar-refractivity contribution in [3.8, 4) is 11.5 Å². The molecule has 1 atom stereocenters. The lowest BCUT2D eigenvalue weighted by atomic mass is 10.1. The van der Waals surface area contributed by atoms with Crippen LogP contribution in [-0.4, -0.2) is 32.1 Å². The first-order valence-corrected chi connectivity index (χ1v) is 5.43. The minimum absolute atomic E-state index is 0.0686. The Labute approximate surface area is 106 Å². The lowest BCUT2D eigenvalue weighted by Gasteiger charge is -2.15. The van der Waals surface area contributed by atoms with Crippen LogP contribution >= 0.6 is 0 Å². The fourth-order valence-corrected chi connectivity index (χ4v) is 1.39. The molecule has 0 fully saturated rings. The predicted molar refractivity (Wildman–Crippen MR) is 65.1 cm³/mol. The van der Waals surface area contributed by atoms with Gasteiger partial charge in [-0.2, -0.15) is 0 Å². The molecule has 0 heterocycles. The van der Waals surface area contributed by atoms with Gasteiger partial charge in [0.2, 0.25) is 0 Å². The molecule has 0 saturated carbocycles. The number of methoxy groups -OCH3 is 2. The Bertz CT molecular complexity index is 453. The monoisotopic (exact) mass is 252 g/mol. The van der Waals surface area contributed by atoms with Gasteiger partial charge in [0, 0.05) is 5.56 Å². The van der Waals surface area contributed by atoms with Crippen molar-refractivity contribution in [3.63, 3.8) is 0 Å². The van der Waals surface area contributed by atoms with Crippen LogP contribution in [0, 0.1) is 0 Å². The molecule has 5 heteroatoms. The predicted octanol–water partition coefficient (Wildman–Crippen LogP) is 1.84. The highest BCUT2D eigenvalue weighted by Gasteiger charge is 2.17. The molecule has 98 valence electrons. The second-order valence-electron chi connectivity index (χ2n) is 3.71. The van der Waals surface area contributed by atoms with Gasteiger partial charge in [-0.1, -0.05) is 0 Å². The number of hydrogen-bond acceptors (Lipinski definition) is 5. The van der Waals surface area contributed by atoms with E-state index < -0.39 is 12.1 Å². The van der Waals surface area contributed by atoms with Gasteiger partial charge in [0.15, 0.2) is 23.4 Å². The normalized spacial score (nSPS) is 11.6. The molecule has 0 spiro atoms. The first kappa shape index (κ1) is 14.0. The van der Waals surface area contributed by atoms with Gasteiger partial charge in [0.1, 0.15) is 0 Å². The Morgan fingerprint density at radius 1 is 1.17 bits per heavy atom. The zero-order valence-electron chi connectivity index (χ0n) is 10.9. The van der Waals surface area contributed by atoms with Gasteiger partial charge >= 0.3 is 5.97 Å². The van der Waals surface area contributed by atoms with Crippen molar-refractivity contribution in [2.45, 2.75) is 20.0 Å². The number of ketones is 1. The van der Waals surface area contributed by atoms with E-state index in [9.17, 15) is 9.59 Å². The van der Waals surface area contributed by atoms with E-state index in [0.29, 0.717) is 17.1 Å². The van der Waals surface area contributed by atoms with E-state index in [-0.39, 0.29) is 5.78 Å². The van der Waals surface area contributed by atoms with Crippen LogP contribution in [0.3, 0.4) is 0 Å². The third-order valence-corrected chi connectivity index (χ3v) is 2.41. The van der Waals surface area contributed by atoms with Gasteiger partial charge in [-0.25, -0.2) is 4.79 Å². The lowest BCUT2D eigenvalue weighted by Crippen LogP contribution is -2.25. The van der Waals surface area contributed by atoms with E-state index in [0.717, 1.165) is 0 Å². The third kappa shape index (κ3) is 3.23. The van der Waals surface area contributed by atoms with Crippen LogP contribution in [0.25, 0.3) is 0 Å². The summed E-state index contributed by atoms with van der Waals surface area (Å²) in [7, 11) is 2.76. The summed E-state index contributed by atoms with van der Waals surface area (Å²) in [5.74, 6) is 0.243. The fraction of sp³-hybridized carbons (Fsp3) is 0.385. The highest BCUT2D eigenvalue weighted by Crippen LogP contribution is 2.29. The molecule has 0 amide bonds. The van der Waals surface area contributed by atoms with Crippen molar-refractivity contribution in [2.24, 2.45) is 0 Å². The number of carbonyl (C=O) groups is 2. The molecule has 18 heavy (non-hydrogen) atoms. The average molecular weight is 252 g/mol. The number of benzene rings is 1. The summed E-state index contributed by atoms with van der Waals surface area (Å²) in [5.41, 5.74) is 0.518. The fourth-order valence-electron chi connectivity index (χ4n) is 1.39. The largest absolute Gasteiger partial charge is 0.493 e. The molecule has 0 saturated heterocycles. The van der Waals surface area contributed by atoms with Crippen LogP contribution in [0.1, 0.15) is 24.2 Å². The van der Waals surface area contributed by atoms with Crippen molar-refractivity contribution in [3.05, 3.63) is 23.8 Å². The maximum absolute atomic E-state index is 11.2. The first-order valence-electron chi connectivity index (χ1n) is 5.43. The van der Waals surface area contributed by atoms with Crippen LogP contribution < -0.4 is 9.47 Å². The summed E-state index contributed by atoms with van der Waals surface area (Å²) >= 11 is 0. The molecule has 1 aromatic rings. The average Bonchev–Trinajstić information content (AvgIpc) is 2.37. The molecule has 1 unspecified atom stereocenters. The molecule has 0 N–H and O–H groups in total. The molecule has 1 aromatic carbocycles. The maximum atomic E-state index is 11.2. The zero-order valence-corrected chi connectivity index (χ0v) is 10.9. The summed E-state index contributed by atoms with van der Waals surface area (Å²) in [6, 6.07) is 4.78. The first-order chi connectivity index (χ1) is 8.49. The highest BCUT2D eigenvalue weighted by molar-refractivity contribution is 5.94. The van der Waals surface area contributed by atoms with Crippen molar-refractivity contribution >= 4 is 11.8 Å². The van der Waals surface area contributed by atoms with E-state index in [1.165, 1.54) is 21.1 Å². The van der Waals surface area contributed by atoms with Gasteiger partial charge in [0.25, 0.3) is 0 Å². The number of Topliss-reactive ketones (excluding diaryl/α,β-unsaturated/α-hetero) is 1. The number of hydrogen-bond donors (Lipinski definition) is 0. The third-order valence-electron chi connectivity index (χ3n) is 2.41. The van der Waals surface area contributed by atoms with Crippen LogP contribution in [0.2, 0.25) is 0 Å². The second kappa shape index (κ2) is 6.05. The summed E-state index contributed by atoms with van der Waals surface area (Å²) in [6.45, 7) is 3.04. The Kier molecular flexibility index (Phi) is 4.71. The van der Waals surface area contributed by atoms with Crippen LogP contribution in [0.5, 0.6) is 11.5 Å². The van der Waals surface area contributed by atoms with E-state index in [1.807, 2.05) is 0 Å². The lowest BCUT2D eigenvalue weighted by molar-refractivity contribution is -0.147.